The molecule has 0 spiro atoms. The van der Waals surface area contributed by atoms with Gasteiger partial charge in [0.2, 0.25) is 0 Å². The molecule has 0 saturated carbocycles. The minimum Gasteiger partial charge on any atom is -0.490 e. The van der Waals surface area contributed by atoms with E-state index in [1.165, 1.54) is 0 Å². The molecule has 2 rings (SSSR count). The number of pyridine rings is 1. The second kappa shape index (κ2) is 7.67. The molecule has 7 heteroatoms. The van der Waals surface area contributed by atoms with Gasteiger partial charge >= 0.3 is 0 Å². The van der Waals surface area contributed by atoms with Gasteiger partial charge in [0, 0.05) is 21.3 Å². The van der Waals surface area contributed by atoms with Crippen LogP contribution >= 0.6 is 15.9 Å². The summed E-state index contributed by atoms with van der Waals surface area (Å²) in [6.45, 7) is 3.87. The fourth-order valence-electron chi connectivity index (χ4n) is 2.24. The topological polar surface area (TPSA) is 98.9 Å². The number of nitriles is 2. The van der Waals surface area contributed by atoms with Crippen LogP contribution in [0.5, 0.6) is 11.5 Å². The largest absolute Gasteiger partial charge is 0.490 e. The van der Waals surface area contributed by atoms with Gasteiger partial charge in [0.05, 0.1) is 6.61 Å². The Morgan fingerprint density at radius 1 is 1.17 bits per heavy atom. The first-order chi connectivity index (χ1) is 11.5. The Balaban J connectivity index is 2.68. The highest BCUT2D eigenvalue weighted by molar-refractivity contribution is 9.10. The van der Waals surface area contributed by atoms with E-state index in [0.29, 0.717) is 39.4 Å². The number of nitrogens with zero attached hydrogens (tertiary/aromatic N) is 2. The van der Waals surface area contributed by atoms with Crippen LogP contribution in [0.25, 0.3) is 11.1 Å². The average molecular weight is 388 g/mol. The number of hydrogen-bond donors (Lipinski definition) is 1. The molecule has 1 heterocycles. The molecule has 0 fully saturated rings. The van der Waals surface area contributed by atoms with Crippen LogP contribution in [0.2, 0.25) is 0 Å². The van der Waals surface area contributed by atoms with E-state index in [0.717, 1.165) is 0 Å². The third-order valence-electron chi connectivity index (χ3n) is 3.20. The van der Waals surface area contributed by atoms with Gasteiger partial charge in [0.25, 0.3) is 5.56 Å². The third kappa shape index (κ3) is 3.58. The lowest BCUT2D eigenvalue weighted by molar-refractivity contribution is 0.298. The van der Waals surface area contributed by atoms with E-state index < -0.39 is 5.56 Å². The Morgan fingerprint density at radius 3 is 2.50 bits per heavy atom. The zero-order valence-corrected chi connectivity index (χ0v) is 14.7. The highest BCUT2D eigenvalue weighted by Gasteiger charge is 2.17. The van der Waals surface area contributed by atoms with Gasteiger partial charge in [-0.1, -0.05) is 15.9 Å². The van der Waals surface area contributed by atoms with Crippen molar-refractivity contribution in [1.82, 2.24) is 4.98 Å². The normalized spacial score (nSPS) is 9.88. The Kier molecular flexibility index (Phi) is 5.62. The molecule has 0 saturated heterocycles. The van der Waals surface area contributed by atoms with Crippen LogP contribution < -0.4 is 15.0 Å². The minimum atomic E-state index is -0.442. The van der Waals surface area contributed by atoms with Gasteiger partial charge in [-0.15, -0.1) is 0 Å². The zero-order valence-electron chi connectivity index (χ0n) is 13.1. The summed E-state index contributed by atoms with van der Waals surface area (Å²) < 4.78 is 11.6. The van der Waals surface area contributed by atoms with Crippen molar-refractivity contribution in [2.45, 2.75) is 13.8 Å². The number of hydrogen-bond acceptors (Lipinski definition) is 5. The van der Waals surface area contributed by atoms with E-state index in [1.807, 2.05) is 19.1 Å². The molecule has 1 aromatic carbocycles. The summed E-state index contributed by atoms with van der Waals surface area (Å²) in [5.41, 5.74) is 1.35. The second-order valence-electron chi connectivity index (χ2n) is 4.84. The summed E-state index contributed by atoms with van der Waals surface area (Å²) in [5.74, 6) is 0.849. The van der Waals surface area contributed by atoms with Gasteiger partial charge in [-0.2, -0.15) is 10.5 Å². The van der Waals surface area contributed by atoms with Crippen LogP contribution in [0.4, 0.5) is 0 Å². The number of aryl methyl sites for hydroxylation is 1. The van der Waals surface area contributed by atoms with Crippen molar-refractivity contribution in [2.24, 2.45) is 0 Å². The van der Waals surface area contributed by atoms with E-state index >= 15 is 0 Å². The summed E-state index contributed by atoms with van der Waals surface area (Å²) >= 11 is 3.43. The van der Waals surface area contributed by atoms with Crippen LogP contribution in [0.15, 0.2) is 27.5 Å². The highest BCUT2D eigenvalue weighted by Crippen LogP contribution is 2.39. The predicted molar refractivity (Wildman–Crippen MR) is 91.9 cm³/mol. The number of ether oxygens (including phenoxy) is 2. The van der Waals surface area contributed by atoms with E-state index in [4.69, 9.17) is 14.7 Å². The van der Waals surface area contributed by atoms with Crippen LogP contribution in [0.1, 0.15) is 18.2 Å². The van der Waals surface area contributed by atoms with Crippen LogP contribution in [0.3, 0.4) is 0 Å². The van der Waals surface area contributed by atoms with Crippen molar-refractivity contribution in [3.63, 3.8) is 0 Å². The monoisotopic (exact) mass is 387 g/mol. The first-order valence-corrected chi connectivity index (χ1v) is 7.91. The Labute approximate surface area is 147 Å². The minimum absolute atomic E-state index is 0.0226. The maximum atomic E-state index is 12.0. The smallest absolute Gasteiger partial charge is 0.266 e. The Hall–Kier alpha value is -2.77. The quantitative estimate of drug-likeness (QED) is 0.848. The second-order valence-corrected chi connectivity index (χ2v) is 5.69. The molecule has 0 aliphatic rings. The van der Waals surface area contributed by atoms with Crippen molar-refractivity contribution in [3.05, 3.63) is 44.3 Å². The zero-order chi connectivity index (χ0) is 17.7. The van der Waals surface area contributed by atoms with Gasteiger partial charge < -0.3 is 14.5 Å². The molecule has 2 aromatic rings. The molecule has 0 atom stereocenters. The Bertz CT molecular complexity index is 907. The summed E-state index contributed by atoms with van der Waals surface area (Å²) in [6.07, 6.45) is 0. The van der Waals surface area contributed by atoms with Crippen molar-refractivity contribution >= 4 is 15.9 Å². The number of aromatic nitrogens is 1. The van der Waals surface area contributed by atoms with Gasteiger partial charge in [0.15, 0.2) is 18.1 Å². The van der Waals surface area contributed by atoms with Crippen molar-refractivity contribution < 1.29 is 9.47 Å². The van der Waals surface area contributed by atoms with E-state index in [2.05, 4.69) is 20.9 Å². The maximum Gasteiger partial charge on any atom is 0.266 e. The lowest BCUT2D eigenvalue weighted by atomic mass is 10.0. The number of nitrogens with one attached hydrogen (secondary N) is 1. The molecule has 24 heavy (non-hydrogen) atoms. The summed E-state index contributed by atoms with van der Waals surface area (Å²) in [5, 5.41) is 18.0. The SMILES string of the molecule is CCOc1cc(-c2cc(C)[nH]c(=O)c2C#N)c(Br)cc1OCC#N. The van der Waals surface area contributed by atoms with Gasteiger partial charge in [0.1, 0.15) is 17.7 Å². The molecule has 0 radical (unpaired) electrons. The lowest BCUT2D eigenvalue weighted by Crippen LogP contribution is -2.13. The van der Waals surface area contributed by atoms with E-state index in [-0.39, 0.29) is 12.2 Å². The number of rotatable bonds is 5. The molecular weight excluding hydrogens is 374 g/mol. The van der Waals surface area contributed by atoms with Crippen LogP contribution in [-0.2, 0) is 0 Å². The van der Waals surface area contributed by atoms with Crippen LogP contribution in [-0.4, -0.2) is 18.2 Å². The fourth-order valence-corrected chi connectivity index (χ4v) is 2.78. The predicted octanol–water partition coefficient (Wildman–Crippen LogP) is 3.29. The average Bonchev–Trinajstić information content (AvgIpc) is 2.54. The third-order valence-corrected chi connectivity index (χ3v) is 3.85. The van der Waals surface area contributed by atoms with Gasteiger partial charge in [-0.05, 0) is 32.0 Å². The summed E-state index contributed by atoms with van der Waals surface area (Å²) in [7, 11) is 0. The molecule has 0 amide bonds. The van der Waals surface area contributed by atoms with Gasteiger partial charge in [-0.25, -0.2) is 0 Å². The molecule has 122 valence electrons. The first kappa shape index (κ1) is 17.6. The summed E-state index contributed by atoms with van der Waals surface area (Å²) in [6, 6.07) is 8.92. The molecule has 0 unspecified atom stereocenters. The fraction of sp³-hybridized carbons (Fsp3) is 0.235. The lowest BCUT2D eigenvalue weighted by Gasteiger charge is -2.14. The summed E-state index contributed by atoms with van der Waals surface area (Å²) in [4.78, 5) is 14.6. The number of H-pyrrole nitrogens is 1. The van der Waals surface area contributed by atoms with E-state index in [9.17, 15) is 10.1 Å². The number of aromatic amines is 1. The molecule has 0 aliphatic carbocycles. The van der Waals surface area contributed by atoms with Crippen LogP contribution in [0, 0.1) is 29.6 Å². The van der Waals surface area contributed by atoms with Gasteiger partial charge in [-0.3, -0.25) is 4.79 Å². The molecule has 6 nitrogen and oxygen atoms in total. The van der Waals surface area contributed by atoms with Crippen molar-refractivity contribution in [3.8, 4) is 34.8 Å². The molecule has 1 N–H and O–H groups in total. The van der Waals surface area contributed by atoms with Crippen molar-refractivity contribution in [2.75, 3.05) is 13.2 Å². The van der Waals surface area contributed by atoms with Crippen molar-refractivity contribution in [1.29, 1.82) is 10.5 Å². The number of benzene rings is 1. The standard InChI is InChI=1S/C17H14BrN3O3/c1-3-23-15-7-12(14(18)8-16(15)24-5-4-19)11-6-10(2)21-17(22)13(11)9-20/h6-8H,3,5H2,1-2H3,(H,21,22). The van der Waals surface area contributed by atoms with E-state index in [1.54, 1.807) is 25.1 Å². The molecule has 0 aliphatic heterocycles. The maximum absolute atomic E-state index is 12.0. The number of halogens is 1. The molecule has 1 aromatic heterocycles. The molecular formula is C17H14BrN3O3. The molecule has 0 bridgehead atoms. The highest BCUT2D eigenvalue weighted by atomic mass is 79.9. The Morgan fingerprint density at radius 2 is 1.88 bits per heavy atom. The first-order valence-electron chi connectivity index (χ1n) is 7.12.